The molecular formula is C26H29ClFN3O4S. The summed E-state index contributed by atoms with van der Waals surface area (Å²) >= 11 is 7.88. The van der Waals surface area contributed by atoms with Crippen LogP contribution < -0.4 is 4.74 Å². The fraction of sp³-hybridized carbons (Fsp3) is 0.423. The number of nitrogens with zero attached hydrogens (tertiary/aromatic N) is 3. The van der Waals surface area contributed by atoms with Crippen LogP contribution in [0.15, 0.2) is 47.8 Å². The van der Waals surface area contributed by atoms with Gasteiger partial charge >= 0.3 is 5.97 Å². The van der Waals surface area contributed by atoms with E-state index in [2.05, 4.69) is 14.9 Å². The number of methoxy groups -OCH3 is 1. The van der Waals surface area contributed by atoms with Crippen molar-refractivity contribution in [2.45, 2.75) is 30.4 Å². The van der Waals surface area contributed by atoms with Crippen molar-refractivity contribution in [1.29, 1.82) is 0 Å². The fourth-order valence-corrected chi connectivity index (χ4v) is 5.96. The van der Waals surface area contributed by atoms with Crippen LogP contribution in [0.3, 0.4) is 0 Å². The molecule has 7 nitrogen and oxygen atoms in total. The molecule has 3 atom stereocenters. The molecule has 2 aromatic heterocycles. The van der Waals surface area contributed by atoms with Gasteiger partial charge in [-0.05, 0) is 56.0 Å². The lowest BCUT2D eigenvalue weighted by Crippen LogP contribution is -2.44. The van der Waals surface area contributed by atoms with E-state index in [0.717, 1.165) is 18.4 Å². The van der Waals surface area contributed by atoms with E-state index < -0.39 is 18.0 Å². The van der Waals surface area contributed by atoms with E-state index in [4.69, 9.17) is 16.3 Å². The summed E-state index contributed by atoms with van der Waals surface area (Å²) < 4.78 is 18.7. The second-order valence-corrected chi connectivity index (χ2v) is 10.5. The lowest BCUT2D eigenvalue weighted by Gasteiger charge is -2.37. The van der Waals surface area contributed by atoms with Gasteiger partial charge in [0.05, 0.1) is 34.7 Å². The van der Waals surface area contributed by atoms with Crippen molar-refractivity contribution in [3.05, 3.63) is 59.1 Å². The van der Waals surface area contributed by atoms with Gasteiger partial charge in [0.15, 0.2) is 0 Å². The molecule has 1 aliphatic rings. The van der Waals surface area contributed by atoms with Gasteiger partial charge in [-0.15, -0.1) is 11.8 Å². The molecule has 1 aromatic carbocycles. The van der Waals surface area contributed by atoms with E-state index in [-0.39, 0.29) is 11.7 Å². The molecule has 0 bridgehead atoms. The molecule has 0 radical (unpaired) electrons. The summed E-state index contributed by atoms with van der Waals surface area (Å²) in [5.41, 5.74) is 1.30. The van der Waals surface area contributed by atoms with Crippen molar-refractivity contribution < 1.29 is 24.1 Å². The second kappa shape index (κ2) is 12.2. The number of carboxylic acid groups (broad SMARTS) is 1. The Bertz CT molecular complexity index is 1220. The Hall–Kier alpha value is -2.46. The standard InChI is InChI=1S/C26H29ClFN3O4S/c1-35-18-3-4-22-19(13-18)25(21(27)14-30-22)23(32)5-2-16-7-9-31(15-20(16)26(33)34)10-11-36-24-12-17(28)6-8-29-24/h3-4,6,8,12-14,16,20,23,32H,2,5,7,9-11,15H2,1H3,(H,33,34). The highest BCUT2D eigenvalue weighted by Crippen LogP contribution is 2.37. The minimum absolute atomic E-state index is 0.0487. The third-order valence-electron chi connectivity index (χ3n) is 6.72. The summed E-state index contributed by atoms with van der Waals surface area (Å²) in [7, 11) is 1.57. The minimum atomic E-state index is -0.849. The number of aliphatic hydroxyl groups is 1. The predicted octanol–water partition coefficient (Wildman–Crippen LogP) is 5.06. The molecule has 192 valence electrons. The molecule has 0 amide bonds. The molecule has 3 aromatic rings. The zero-order valence-corrected chi connectivity index (χ0v) is 21.5. The number of benzene rings is 1. The summed E-state index contributed by atoms with van der Waals surface area (Å²) in [4.78, 5) is 22.7. The van der Waals surface area contributed by atoms with Gasteiger partial charge in [-0.2, -0.15) is 0 Å². The number of fused-ring (bicyclic) bond motifs is 1. The molecule has 1 saturated heterocycles. The quantitative estimate of drug-likeness (QED) is 0.349. The highest BCUT2D eigenvalue weighted by atomic mass is 35.5. The van der Waals surface area contributed by atoms with E-state index in [1.54, 1.807) is 13.2 Å². The maximum absolute atomic E-state index is 13.3. The smallest absolute Gasteiger partial charge is 0.308 e. The van der Waals surface area contributed by atoms with E-state index in [1.165, 1.54) is 36.3 Å². The summed E-state index contributed by atoms with van der Waals surface area (Å²) in [6.45, 7) is 1.92. The van der Waals surface area contributed by atoms with Crippen molar-refractivity contribution in [2.24, 2.45) is 11.8 Å². The number of rotatable bonds is 10. The molecule has 2 N–H and O–H groups in total. The first-order valence-corrected chi connectivity index (χ1v) is 13.2. The van der Waals surface area contributed by atoms with Crippen molar-refractivity contribution in [2.75, 3.05) is 32.5 Å². The summed E-state index contributed by atoms with van der Waals surface area (Å²) in [5.74, 6) is -0.370. The van der Waals surface area contributed by atoms with E-state index in [0.29, 0.717) is 58.6 Å². The maximum atomic E-state index is 13.3. The monoisotopic (exact) mass is 533 g/mol. The van der Waals surface area contributed by atoms with Gasteiger partial charge in [0.25, 0.3) is 0 Å². The Balaban J connectivity index is 1.36. The van der Waals surface area contributed by atoms with Crippen molar-refractivity contribution >= 4 is 40.2 Å². The Labute approximate surface area is 218 Å². The zero-order valence-electron chi connectivity index (χ0n) is 19.9. The molecule has 0 spiro atoms. The number of aromatic nitrogens is 2. The third kappa shape index (κ3) is 6.45. The molecule has 1 aliphatic heterocycles. The lowest BCUT2D eigenvalue weighted by atomic mass is 9.81. The van der Waals surface area contributed by atoms with E-state index >= 15 is 0 Å². The van der Waals surface area contributed by atoms with Gasteiger partial charge < -0.3 is 19.8 Å². The molecule has 10 heteroatoms. The number of aliphatic hydroxyl groups excluding tert-OH is 1. The normalized spacial score (nSPS) is 19.3. The average Bonchev–Trinajstić information content (AvgIpc) is 2.87. The van der Waals surface area contributed by atoms with Gasteiger partial charge in [0.1, 0.15) is 11.6 Å². The van der Waals surface area contributed by atoms with E-state index in [9.17, 15) is 19.4 Å². The van der Waals surface area contributed by atoms with Gasteiger partial charge in [0, 0.05) is 48.3 Å². The SMILES string of the molecule is COc1ccc2ncc(Cl)c(C(O)CCC3CCN(CCSc4cc(F)ccn4)CC3C(=O)O)c2c1. The molecule has 1 fully saturated rings. The Morgan fingerprint density at radius 1 is 1.33 bits per heavy atom. The maximum Gasteiger partial charge on any atom is 0.308 e. The minimum Gasteiger partial charge on any atom is -0.497 e. The third-order valence-corrected chi connectivity index (χ3v) is 7.93. The highest BCUT2D eigenvalue weighted by molar-refractivity contribution is 7.99. The van der Waals surface area contributed by atoms with Crippen LogP contribution in [0.5, 0.6) is 5.75 Å². The highest BCUT2D eigenvalue weighted by Gasteiger charge is 2.34. The Morgan fingerprint density at radius 3 is 2.92 bits per heavy atom. The van der Waals surface area contributed by atoms with Crippen LogP contribution in [0.1, 0.15) is 30.9 Å². The second-order valence-electron chi connectivity index (χ2n) is 8.95. The van der Waals surface area contributed by atoms with Crippen molar-refractivity contribution in [1.82, 2.24) is 14.9 Å². The van der Waals surface area contributed by atoms with Crippen LogP contribution in [0, 0.1) is 17.7 Å². The van der Waals surface area contributed by atoms with E-state index in [1.807, 2.05) is 12.1 Å². The summed E-state index contributed by atoms with van der Waals surface area (Å²) in [5, 5.41) is 22.7. The number of ether oxygens (including phenoxy) is 1. The molecule has 3 heterocycles. The molecule has 3 unspecified atom stereocenters. The van der Waals surface area contributed by atoms with Gasteiger partial charge in [-0.25, -0.2) is 9.37 Å². The molecular weight excluding hydrogens is 505 g/mol. The molecule has 36 heavy (non-hydrogen) atoms. The van der Waals surface area contributed by atoms with Crippen LogP contribution in [-0.2, 0) is 4.79 Å². The first kappa shape index (κ1) is 26.6. The number of aliphatic carboxylic acids is 1. The number of likely N-dealkylation sites (tertiary alicyclic amines) is 1. The van der Waals surface area contributed by atoms with Gasteiger partial charge in [-0.3, -0.25) is 9.78 Å². The molecule has 0 aliphatic carbocycles. The van der Waals surface area contributed by atoms with Crippen LogP contribution in [0.25, 0.3) is 10.9 Å². The summed E-state index contributed by atoms with van der Waals surface area (Å²) in [6.07, 6.45) is 3.81. The van der Waals surface area contributed by atoms with Gasteiger partial charge in [0.2, 0.25) is 0 Å². The topological polar surface area (TPSA) is 95.8 Å². The van der Waals surface area contributed by atoms with Crippen molar-refractivity contribution in [3.63, 3.8) is 0 Å². The van der Waals surface area contributed by atoms with Crippen LogP contribution in [-0.4, -0.2) is 63.5 Å². The number of hydrogen-bond donors (Lipinski definition) is 2. The average molecular weight is 534 g/mol. The first-order valence-electron chi connectivity index (χ1n) is 11.9. The number of piperidine rings is 1. The largest absolute Gasteiger partial charge is 0.497 e. The zero-order chi connectivity index (χ0) is 25.7. The fourth-order valence-electron chi connectivity index (χ4n) is 4.79. The summed E-state index contributed by atoms with van der Waals surface area (Å²) in [6, 6.07) is 8.14. The molecule has 0 saturated carbocycles. The number of thioether (sulfide) groups is 1. The predicted molar refractivity (Wildman–Crippen MR) is 138 cm³/mol. The lowest BCUT2D eigenvalue weighted by molar-refractivity contribution is -0.146. The van der Waals surface area contributed by atoms with Crippen LogP contribution in [0.4, 0.5) is 4.39 Å². The number of pyridine rings is 2. The Morgan fingerprint density at radius 2 is 2.17 bits per heavy atom. The number of carboxylic acids is 1. The number of hydrogen-bond acceptors (Lipinski definition) is 7. The number of carbonyl (C=O) groups is 1. The Kier molecular flexibility index (Phi) is 9.00. The first-order chi connectivity index (χ1) is 17.4. The van der Waals surface area contributed by atoms with Crippen LogP contribution in [0.2, 0.25) is 5.02 Å². The van der Waals surface area contributed by atoms with Gasteiger partial charge in [-0.1, -0.05) is 11.6 Å². The van der Waals surface area contributed by atoms with Crippen LogP contribution >= 0.6 is 23.4 Å². The molecule has 4 rings (SSSR count). The number of halogens is 2. The van der Waals surface area contributed by atoms with Crippen molar-refractivity contribution in [3.8, 4) is 5.75 Å².